The third kappa shape index (κ3) is 3.56. The number of primary amides is 1. The van der Waals surface area contributed by atoms with E-state index in [0.29, 0.717) is 22.1 Å². The Labute approximate surface area is 168 Å². The van der Waals surface area contributed by atoms with Gasteiger partial charge in [0.15, 0.2) is 0 Å². The third-order valence-electron chi connectivity index (χ3n) is 4.18. The first-order chi connectivity index (χ1) is 12.8. The SMILES string of the molecule is CSc1c(C)c(C(N)=O)c(O)c(-c2ccc(S(=O)(=O)C(F)(F)F)cc2Cl)c1C. The van der Waals surface area contributed by atoms with Gasteiger partial charge in [0.1, 0.15) is 5.75 Å². The highest BCUT2D eigenvalue weighted by molar-refractivity contribution is 7.98. The lowest BCUT2D eigenvalue weighted by Crippen LogP contribution is -2.23. The second kappa shape index (κ2) is 7.49. The molecule has 1 amide bonds. The quantitative estimate of drug-likeness (QED) is 0.667. The van der Waals surface area contributed by atoms with E-state index in [1.165, 1.54) is 11.8 Å². The topological polar surface area (TPSA) is 97.5 Å². The zero-order valence-electron chi connectivity index (χ0n) is 14.8. The van der Waals surface area contributed by atoms with E-state index in [4.69, 9.17) is 17.3 Å². The van der Waals surface area contributed by atoms with Gasteiger partial charge in [0.25, 0.3) is 15.7 Å². The van der Waals surface area contributed by atoms with Crippen LogP contribution >= 0.6 is 23.4 Å². The van der Waals surface area contributed by atoms with E-state index in [0.717, 1.165) is 12.1 Å². The van der Waals surface area contributed by atoms with Crippen molar-refractivity contribution >= 4 is 39.1 Å². The summed E-state index contributed by atoms with van der Waals surface area (Å²) >= 11 is 7.35. The number of nitrogens with two attached hydrogens (primary N) is 1. The van der Waals surface area contributed by atoms with Gasteiger partial charge in [0.2, 0.25) is 0 Å². The molecule has 2 rings (SSSR count). The van der Waals surface area contributed by atoms with Crippen LogP contribution in [0.5, 0.6) is 5.75 Å². The molecule has 0 spiro atoms. The number of halogens is 4. The Balaban J connectivity index is 2.84. The molecule has 2 aromatic carbocycles. The smallest absolute Gasteiger partial charge is 0.501 e. The number of alkyl halides is 3. The van der Waals surface area contributed by atoms with Crippen molar-refractivity contribution in [1.29, 1.82) is 0 Å². The number of sulfone groups is 1. The van der Waals surface area contributed by atoms with E-state index < -0.39 is 31.9 Å². The number of amides is 1. The van der Waals surface area contributed by atoms with E-state index in [1.807, 2.05) is 0 Å². The molecular formula is C17H15ClF3NO4S2. The van der Waals surface area contributed by atoms with E-state index >= 15 is 0 Å². The molecule has 28 heavy (non-hydrogen) atoms. The predicted octanol–water partition coefficient (Wildman–Crippen LogP) is 4.44. The normalized spacial score (nSPS) is 12.2. The standard InChI is InChI=1S/C17H15ClF3NO4S2/c1-7-12(14(23)13(16(22)24)8(2)15(7)27-3)10-5-4-9(6-11(10)18)28(25,26)17(19,20)21/h4-6,23H,1-3H3,(H2,22,24). The van der Waals surface area contributed by atoms with E-state index in [9.17, 15) is 31.5 Å². The zero-order valence-corrected chi connectivity index (χ0v) is 17.2. The van der Waals surface area contributed by atoms with Crippen molar-refractivity contribution in [1.82, 2.24) is 0 Å². The third-order valence-corrected chi connectivity index (χ3v) is 7.00. The van der Waals surface area contributed by atoms with Gasteiger partial charge >= 0.3 is 5.51 Å². The molecule has 0 aromatic heterocycles. The van der Waals surface area contributed by atoms with Crippen molar-refractivity contribution in [2.24, 2.45) is 5.73 Å². The van der Waals surface area contributed by atoms with E-state index in [-0.39, 0.29) is 21.7 Å². The van der Waals surface area contributed by atoms with Crippen molar-refractivity contribution in [3.63, 3.8) is 0 Å². The van der Waals surface area contributed by atoms with E-state index in [2.05, 4.69) is 0 Å². The highest BCUT2D eigenvalue weighted by Gasteiger charge is 2.47. The molecule has 0 bridgehead atoms. The van der Waals surface area contributed by atoms with Crippen LogP contribution in [-0.4, -0.2) is 31.2 Å². The Kier molecular flexibility index (Phi) is 5.99. The summed E-state index contributed by atoms with van der Waals surface area (Å²) in [5.41, 5.74) is 0.849. The first-order valence-corrected chi connectivity index (χ1v) is 10.7. The van der Waals surface area contributed by atoms with Crippen LogP contribution in [0.25, 0.3) is 11.1 Å². The average molecular weight is 454 g/mol. The summed E-state index contributed by atoms with van der Waals surface area (Å²) in [6, 6.07) is 2.44. The summed E-state index contributed by atoms with van der Waals surface area (Å²) in [4.78, 5) is 11.4. The Morgan fingerprint density at radius 1 is 1.21 bits per heavy atom. The first kappa shape index (κ1) is 22.4. The van der Waals surface area contributed by atoms with Crippen LogP contribution in [0, 0.1) is 13.8 Å². The monoisotopic (exact) mass is 453 g/mol. The molecule has 152 valence electrons. The Hall–Kier alpha value is -1.91. The minimum absolute atomic E-state index is 0.0654. The number of hydrogen-bond acceptors (Lipinski definition) is 5. The van der Waals surface area contributed by atoms with Crippen molar-refractivity contribution in [3.05, 3.63) is 39.9 Å². The molecule has 3 N–H and O–H groups in total. The number of thioether (sulfide) groups is 1. The molecule has 0 fully saturated rings. The van der Waals surface area contributed by atoms with Crippen LogP contribution in [0.3, 0.4) is 0 Å². The molecule has 0 aliphatic rings. The lowest BCUT2D eigenvalue weighted by molar-refractivity contribution is -0.0436. The highest BCUT2D eigenvalue weighted by Crippen LogP contribution is 2.45. The predicted molar refractivity (Wildman–Crippen MR) is 102 cm³/mol. The molecule has 11 heteroatoms. The number of phenols is 1. The summed E-state index contributed by atoms with van der Waals surface area (Å²) in [5, 5.41) is 10.3. The molecule has 0 saturated heterocycles. The summed E-state index contributed by atoms with van der Waals surface area (Å²) in [5.74, 6) is -1.37. The lowest BCUT2D eigenvalue weighted by atomic mass is 9.93. The molecule has 0 aliphatic heterocycles. The van der Waals surface area contributed by atoms with Gasteiger partial charge < -0.3 is 10.8 Å². The fourth-order valence-electron chi connectivity index (χ4n) is 2.93. The van der Waals surface area contributed by atoms with E-state index in [1.54, 1.807) is 20.1 Å². The van der Waals surface area contributed by atoms with Crippen LogP contribution < -0.4 is 5.73 Å². The van der Waals surface area contributed by atoms with Crippen LogP contribution in [0.1, 0.15) is 21.5 Å². The number of rotatable bonds is 4. The second-order valence-corrected chi connectivity index (χ2v) is 9.00. The van der Waals surface area contributed by atoms with Gasteiger partial charge in [-0.05, 0) is 43.4 Å². The number of benzene rings is 2. The molecule has 2 aromatic rings. The summed E-state index contributed by atoms with van der Waals surface area (Å²) in [7, 11) is -5.58. The number of carbonyl (C=O) groups excluding carboxylic acids is 1. The molecule has 5 nitrogen and oxygen atoms in total. The fraction of sp³-hybridized carbons (Fsp3) is 0.235. The molecule has 0 atom stereocenters. The zero-order chi connectivity index (χ0) is 21.6. The summed E-state index contributed by atoms with van der Waals surface area (Å²) < 4.78 is 61.4. The van der Waals surface area contributed by atoms with Gasteiger partial charge in [-0.3, -0.25) is 4.79 Å². The van der Waals surface area contributed by atoms with Crippen molar-refractivity contribution < 1.29 is 31.5 Å². The summed E-state index contributed by atoms with van der Waals surface area (Å²) in [6.45, 7) is 3.23. The number of aromatic hydroxyl groups is 1. The minimum atomic E-state index is -5.58. The Bertz CT molecular complexity index is 1080. The number of carbonyl (C=O) groups is 1. The molecule has 0 aliphatic carbocycles. The molecule has 0 unspecified atom stereocenters. The van der Waals surface area contributed by atoms with Gasteiger partial charge in [-0.2, -0.15) is 13.2 Å². The Morgan fingerprint density at radius 3 is 2.21 bits per heavy atom. The lowest BCUT2D eigenvalue weighted by Gasteiger charge is -2.19. The van der Waals surface area contributed by atoms with Crippen molar-refractivity contribution in [2.75, 3.05) is 6.26 Å². The maximum atomic E-state index is 12.8. The first-order valence-electron chi connectivity index (χ1n) is 7.56. The van der Waals surface area contributed by atoms with Crippen LogP contribution in [0.15, 0.2) is 28.0 Å². The second-order valence-electron chi connectivity index (χ2n) is 5.84. The fourth-order valence-corrected chi connectivity index (χ4v) is 4.87. The number of hydrogen-bond donors (Lipinski definition) is 2. The van der Waals surface area contributed by atoms with Crippen LogP contribution in [0.2, 0.25) is 5.02 Å². The largest absolute Gasteiger partial charge is 0.506 e. The maximum absolute atomic E-state index is 12.8. The van der Waals surface area contributed by atoms with Crippen molar-refractivity contribution in [3.8, 4) is 16.9 Å². The molecule has 0 radical (unpaired) electrons. The average Bonchev–Trinajstić information content (AvgIpc) is 2.55. The van der Waals surface area contributed by atoms with Gasteiger partial charge in [-0.25, -0.2) is 8.42 Å². The van der Waals surface area contributed by atoms with Gasteiger partial charge in [0, 0.05) is 21.0 Å². The molecule has 0 heterocycles. The highest BCUT2D eigenvalue weighted by atomic mass is 35.5. The Morgan fingerprint density at radius 2 is 1.79 bits per heavy atom. The van der Waals surface area contributed by atoms with Crippen molar-refractivity contribution in [2.45, 2.75) is 29.1 Å². The minimum Gasteiger partial charge on any atom is -0.506 e. The van der Waals surface area contributed by atoms with Gasteiger partial charge in [-0.15, -0.1) is 11.8 Å². The molecule has 0 saturated carbocycles. The summed E-state index contributed by atoms with van der Waals surface area (Å²) in [6.07, 6.45) is 1.74. The van der Waals surface area contributed by atoms with Crippen LogP contribution in [-0.2, 0) is 9.84 Å². The molecular weight excluding hydrogens is 439 g/mol. The maximum Gasteiger partial charge on any atom is 0.501 e. The van der Waals surface area contributed by atoms with Crippen LogP contribution in [0.4, 0.5) is 13.2 Å². The van der Waals surface area contributed by atoms with Gasteiger partial charge in [0.05, 0.1) is 10.5 Å². The van der Waals surface area contributed by atoms with Gasteiger partial charge in [-0.1, -0.05) is 17.7 Å².